The van der Waals surface area contributed by atoms with Crippen LogP contribution in [-0.4, -0.2) is 15.9 Å². The van der Waals surface area contributed by atoms with E-state index in [0.717, 1.165) is 44.6 Å². The van der Waals surface area contributed by atoms with E-state index in [-0.39, 0.29) is 28.9 Å². The molecule has 0 radical (unpaired) electrons. The Morgan fingerprint density at radius 1 is 1.04 bits per heavy atom. The van der Waals surface area contributed by atoms with Crippen LogP contribution in [0.3, 0.4) is 0 Å². The molecule has 0 spiro atoms. The highest BCUT2D eigenvalue weighted by Gasteiger charge is 2.52. The fourth-order valence-corrected chi connectivity index (χ4v) is 3.82. The monoisotopic (exact) mass is 356 g/mol. The SMILES string of the molecule is O=C(Nc1ccc([N+](=O)[O-])cc1O)C1[C@H]2CC/C=C\CC/C=C\CC[C@@H]12. The lowest BCUT2D eigenvalue weighted by molar-refractivity contribution is -0.384. The van der Waals surface area contributed by atoms with E-state index in [2.05, 4.69) is 29.6 Å². The van der Waals surface area contributed by atoms with Crippen LogP contribution in [0.4, 0.5) is 11.4 Å². The van der Waals surface area contributed by atoms with Gasteiger partial charge in [-0.15, -0.1) is 0 Å². The summed E-state index contributed by atoms with van der Waals surface area (Å²) in [5, 5.41) is 23.4. The van der Waals surface area contributed by atoms with Crippen LogP contribution < -0.4 is 5.32 Å². The molecule has 138 valence electrons. The molecule has 6 nitrogen and oxygen atoms in total. The van der Waals surface area contributed by atoms with Gasteiger partial charge in [0.1, 0.15) is 5.75 Å². The van der Waals surface area contributed by atoms with Crippen LogP contribution in [0, 0.1) is 27.9 Å². The molecule has 2 N–H and O–H groups in total. The number of nitrogens with zero attached hydrogens (tertiary/aromatic N) is 1. The fraction of sp³-hybridized carbons (Fsp3) is 0.450. The maximum atomic E-state index is 12.7. The van der Waals surface area contributed by atoms with Crippen molar-refractivity contribution in [1.29, 1.82) is 0 Å². The van der Waals surface area contributed by atoms with E-state index >= 15 is 0 Å². The van der Waals surface area contributed by atoms with E-state index in [1.54, 1.807) is 0 Å². The van der Waals surface area contributed by atoms with Crippen molar-refractivity contribution in [2.24, 2.45) is 17.8 Å². The number of amides is 1. The van der Waals surface area contributed by atoms with E-state index in [9.17, 15) is 20.0 Å². The number of phenolic OH excluding ortho intramolecular Hbond substituents is 1. The maximum Gasteiger partial charge on any atom is 0.273 e. The summed E-state index contributed by atoms with van der Waals surface area (Å²) in [6, 6.07) is 3.72. The predicted molar refractivity (Wildman–Crippen MR) is 99.8 cm³/mol. The van der Waals surface area contributed by atoms with E-state index in [1.807, 2.05) is 0 Å². The molecule has 2 aliphatic rings. The first-order valence-electron chi connectivity index (χ1n) is 9.16. The zero-order valence-electron chi connectivity index (χ0n) is 14.6. The van der Waals surface area contributed by atoms with E-state index in [4.69, 9.17) is 0 Å². The summed E-state index contributed by atoms with van der Waals surface area (Å²) in [6.07, 6.45) is 14.9. The number of nitro groups is 1. The average Bonchev–Trinajstić information content (AvgIpc) is 3.29. The zero-order chi connectivity index (χ0) is 18.5. The normalized spacial score (nSPS) is 27.9. The first-order chi connectivity index (χ1) is 12.6. The lowest BCUT2D eigenvalue weighted by atomic mass is 10.1. The Kier molecular flexibility index (Phi) is 5.71. The van der Waals surface area contributed by atoms with Crippen LogP contribution in [0.2, 0.25) is 0 Å². The third-order valence-corrected chi connectivity index (χ3v) is 5.25. The number of hydrogen-bond acceptors (Lipinski definition) is 4. The van der Waals surface area contributed by atoms with Crippen LogP contribution in [0.5, 0.6) is 5.75 Å². The molecule has 6 heteroatoms. The molecule has 1 aromatic rings. The number of benzene rings is 1. The number of allylic oxidation sites excluding steroid dienone is 4. The fourth-order valence-electron chi connectivity index (χ4n) is 3.82. The van der Waals surface area contributed by atoms with Crippen LogP contribution in [-0.2, 0) is 4.79 Å². The van der Waals surface area contributed by atoms with Crippen molar-refractivity contribution in [3.8, 4) is 5.75 Å². The van der Waals surface area contributed by atoms with E-state index in [0.29, 0.717) is 11.8 Å². The molecule has 1 aromatic carbocycles. The third-order valence-electron chi connectivity index (χ3n) is 5.25. The van der Waals surface area contributed by atoms with Crippen LogP contribution >= 0.6 is 0 Å². The quantitative estimate of drug-likeness (QED) is 0.359. The first kappa shape index (κ1) is 18.2. The molecule has 3 atom stereocenters. The van der Waals surface area contributed by atoms with Crippen molar-refractivity contribution in [2.75, 3.05) is 5.32 Å². The number of phenols is 1. The number of rotatable bonds is 3. The van der Waals surface area contributed by atoms with Gasteiger partial charge in [-0.2, -0.15) is 0 Å². The van der Waals surface area contributed by atoms with Gasteiger partial charge in [-0.25, -0.2) is 0 Å². The van der Waals surface area contributed by atoms with Gasteiger partial charge in [0.15, 0.2) is 0 Å². The molecule has 0 bridgehead atoms. The van der Waals surface area contributed by atoms with Crippen molar-refractivity contribution in [3.63, 3.8) is 0 Å². The van der Waals surface area contributed by atoms with E-state index in [1.165, 1.54) is 12.1 Å². The van der Waals surface area contributed by atoms with Crippen LogP contribution in [0.15, 0.2) is 42.5 Å². The minimum Gasteiger partial charge on any atom is -0.506 e. The Labute approximate surface area is 152 Å². The molecule has 2 aliphatic carbocycles. The van der Waals surface area contributed by atoms with Crippen molar-refractivity contribution in [3.05, 3.63) is 52.6 Å². The van der Waals surface area contributed by atoms with Gasteiger partial charge < -0.3 is 10.4 Å². The molecule has 0 aromatic heterocycles. The van der Waals surface area contributed by atoms with Gasteiger partial charge in [0, 0.05) is 12.0 Å². The summed E-state index contributed by atoms with van der Waals surface area (Å²) in [5.41, 5.74) is 0.0227. The number of non-ortho nitro benzene ring substituents is 1. The Morgan fingerprint density at radius 3 is 2.15 bits per heavy atom. The molecule has 0 aliphatic heterocycles. The molecular weight excluding hydrogens is 332 g/mol. The predicted octanol–water partition coefficient (Wildman–Crippen LogP) is 4.57. The lowest BCUT2D eigenvalue weighted by Crippen LogP contribution is -2.16. The number of nitrogens with one attached hydrogen (secondary N) is 1. The number of hydrogen-bond donors (Lipinski definition) is 2. The summed E-state index contributed by atoms with van der Waals surface area (Å²) in [7, 11) is 0. The van der Waals surface area contributed by atoms with Crippen molar-refractivity contribution in [2.45, 2.75) is 38.5 Å². The van der Waals surface area contributed by atoms with Crippen molar-refractivity contribution in [1.82, 2.24) is 0 Å². The Balaban J connectivity index is 1.65. The molecule has 1 unspecified atom stereocenters. The summed E-state index contributed by atoms with van der Waals surface area (Å²) >= 11 is 0. The maximum absolute atomic E-state index is 12.7. The highest BCUT2D eigenvalue weighted by atomic mass is 16.6. The summed E-state index contributed by atoms with van der Waals surface area (Å²) < 4.78 is 0. The summed E-state index contributed by atoms with van der Waals surface area (Å²) in [6.45, 7) is 0. The minimum absolute atomic E-state index is 0.0489. The number of fused-ring (bicyclic) bond motifs is 1. The highest BCUT2D eigenvalue weighted by molar-refractivity contribution is 5.96. The number of carbonyl (C=O) groups excluding carboxylic acids is 1. The van der Waals surface area contributed by atoms with Crippen molar-refractivity contribution < 1.29 is 14.8 Å². The average molecular weight is 356 g/mol. The van der Waals surface area contributed by atoms with Gasteiger partial charge in [0.05, 0.1) is 16.7 Å². The van der Waals surface area contributed by atoms with Crippen molar-refractivity contribution >= 4 is 17.3 Å². The zero-order valence-corrected chi connectivity index (χ0v) is 14.6. The second-order valence-electron chi connectivity index (χ2n) is 6.98. The Morgan fingerprint density at radius 2 is 1.62 bits per heavy atom. The lowest BCUT2D eigenvalue weighted by Gasteiger charge is -2.07. The second-order valence-corrected chi connectivity index (χ2v) is 6.98. The molecular formula is C20H24N2O4. The number of aromatic hydroxyl groups is 1. The third kappa shape index (κ3) is 4.31. The Hall–Kier alpha value is -2.63. The van der Waals surface area contributed by atoms with Gasteiger partial charge in [-0.3, -0.25) is 14.9 Å². The van der Waals surface area contributed by atoms with E-state index < -0.39 is 4.92 Å². The van der Waals surface area contributed by atoms with Gasteiger partial charge in [-0.05, 0) is 56.4 Å². The molecule has 1 fully saturated rings. The van der Waals surface area contributed by atoms with Crippen LogP contribution in [0.1, 0.15) is 38.5 Å². The molecule has 0 heterocycles. The number of carbonyl (C=O) groups is 1. The molecule has 0 saturated heterocycles. The van der Waals surface area contributed by atoms with Gasteiger partial charge in [0.25, 0.3) is 5.69 Å². The minimum atomic E-state index is -0.577. The van der Waals surface area contributed by atoms with Gasteiger partial charge in [0.2, 0.25) is 5.91 Å². The first-order valence-corrected chi connectivity index (χ1v) is 9.16. The van der Waals surface area contributed by atoms with Gasteiger partial charge in [-0.1, -0.05) is 24.3 Å². The highest BCUT2D eigenvalue weighted by Crippen LogP contribution is 2.52. The number of nitro benzene ring substituents is 1. The molecule has 1 amide bonds. The molecule has 3 rings (SSSR count). The van der Waals surface area contributed by atoms with Crippen LogP contribution in [0.25, 0.3) is 0 Å². The Bertz CT molecular complexity index is 717. The summed E-state index contributed by atoms with van der Waals surface area (Å²) in [4.78, 5) is 22.8. The second kappa shape index (κ2) is 8.17. The number of anilines is 1. The smallest absolute Gasteiger partial charge is 0.273 e. The topological polar surface area (TPSA) is 92.5 Å². The molecule has 26 heavy (non-hydrogen) atoms. The standard InChI is InChI=1S/C20H24N2O4/c23-18-13-14(22(25)26)11-12-17(18)21-20(24)19-15-9-7-5-3-1-2-4-6-8-10-16(15)19/h3-6,11-13,15-16,19,23H,1-2,7-10H2,(H,21,24)/b5-3-,6-4-/t15-,16+,19?. The van der Waals surface area contributed by atoms with Gasteiger partial charge >= 0.3 is 0 Å². The summed E-state index contributed by atoms with van der Waals surface area (Å²) in [5.74, 6) is 0.303. The largest absolute Gasteiger partial charge is 0.506 e. The molecule has 1 saturated carbocycles.